The summed E-state index contributed by atoms with van der Waals surface area (Å²) in [5.74, 6) is -2.50. The van der Waals surface area contributed by atoms with Gasteiger partial charge in [-0.15, -0.1) is 0 Å². The molecule has 0 unspecified atom stereocenters. The second-order valence-electron chi connectivity index (χ2n) is 4.99. The number of benzene rings is 2. The molecule has 6 heteroatoms. The minimum absolute atomic E-state index is 0.0507. The van der Waals surface area contributed by atoms with E-state index in [1.54, 1.807) is 30.3 Å². The Hall–Kier alpha value is -3.25. The van der Waals surface area contributed by atoms with Crippen LogP contribution in [0.15, 0.2) is 66.7 Å². The van der Waals surface area contributed by atoms with Gasteiger partial charge in [-0.3, -0.25) is 9.59 Å². The summed E-state index contributed by atoms with van der Waals surface area (Å²) < 4.78 is 0. The summed E-state index contributed by atoms with van der Waals surface area (Å²) in [5.41, 5.74) is 1.57. The van der Waals surface area contributed by atoms with Crippen molar-refractivity contribution >= 4 is 17.7 Å². The van der Waals surface area contributed by atoms with E-state index < -0.39 is 18.4 Å². The molecule has 2 aromatic carbocycles. The molecule has 0 atom stereocenters. The molecule has 0 heterocycles. The normalized spacial score (nSPS) is 9.48. The number of hydrogen-bond acceptors (Lipinski definition) is 4. The van der Waals surface area contributed by atoms with Gasteiger partial charge in [0.1, 0.15) is 0 Å². The van der Waals surface area contributed by atoms with Crippen molar-refractivity contribution in [3.8, 4) is 0 Å². The first kappa shape index (κ1) is 19.8. The summed E-state index contributed by atoms with van der Waals surface area (Å²) in [6.07, 6.45) is -0.505. The highest BCUT2D eigenvalue weighted by molar-refractivity contribution is 6.09. The van der Waals surface area contributed by atoms with Crippen LogP contribution >= 0.6 is 0 Å². The number of carboxylic acids is 2. The molecule has 0 aliphatic rings. The number of carboxylic acid groups (broad SMARTS) is 2. The third-order valence-electron chi connectivity index (χ3n) is 3.14. The van der Waals surface area contributed by atoms with E-state index in [0.29, 0.717) is 16.7 Å². The third kappa shape index (κ3) is 6.40. The zero-order valence-electron chi connectivity index (χ0n) is 13.4. The first-order chi connectivity index (χ1) is 11.9. The minimum atomic E-state index is -1.27. The Bertz CT molecular complexity index is 764. The molecule has 0 saturated heterocycles. The summed E-state index contributed by atoms with van der Waals surface area (Å²) in [6.45, 7) is 2.90. The highest BCUT2D eigenvalue weighted by Gasteiger charge is 2.11. The van der Waals surface area contributed by atoms with Crippen LogP contribution in [0.5, 0.6) is 0 Å². The van der Waals surface area contributed by atoms with Gasteiger partial charge in [-0.05, 0) is 5.56 Å². The molecule has 2 aromatic rings. The van der Waals surface area contributed by atoms with Gasteiger partial charge in [-0.25, -0.2) is 4.79 Å². The van der Waals surface area contributed by atoms with Gasteiger partial charge in [0.2, 0.25) is 0 Å². The van der Waals surface area contributed by atoms with Crippen molar-refractivity contribution in [2.24, 2.45) is 0 Å². The second-order valence-corrected chi connectivity index (χ2v) is 4.99. The molecule has 0 fully saturated rings. The standard InChI is InChI=1S/C14H12O2.C5H6O4/c15-10-12-8-4-5-9-13(12)14(16)11-6-2-1-3-7-11;1-3(5(8)9)2-4(6)7/h1-9,15H,10H2;1-2H2,(H,6,7)(H,8,9). The lowest BCUT2D eigenvalue weighted by Gasteiger charge is -2.05. The molecule has 3 N–H and O–H groups in total. The maximum Gasteiger partial charge on any atom is 0.331 e. The van der Waals surface area contributed by atoms with Crippen molar-refractivity contribution in [3.05, 3.63) is 83.4 Å². The van der Waals surface area contributed by atoms with Gasteiger partial charge in [0.05, 0.1) is 13.0 Å². The fourth-order valence-corrected chi connectivity index (χ4v) is 1.88. The van der Waals surface area contributed by atoms with Crippen LogP contribution in [0.1, 0.15) is 27.9 Å². The van der Waals surface area contributed by atoms with Gasteiger partial charge in [0.25, 0.3) is 0 Å². The van der Waals surface area contributed by atoms with Crippen LogP contribution in [0.25, 0.3) is 0 Å². The molecule has 0 aliphatic carbocycles. The third-order valence-corrected chi connectivity index (χ3v) is 3.14. The van der Waals surface area contributed by atoms with E-state index in [0.717, 1.165) is 0 Å². The summed E-state index contributed by atoms with van der Waals surface area (Å²) in [7, 11) is 0. The molecule has 0 aliphatic heterocycles. The number of ketones is 1. The lowest BCUT2D eigenvalue weighted by molar-refractivity contribution is -0.139. The monoisotopic (exact) mass is 342 g/mol. The first-order valence-electron chi connectivity index (χ1n) is 7.28. The minimum Gasteiger partial charge on any atom is -0.481 e. The quantitative estimate of drug-likeness (QED) is 0.549. The molecule has 0 aromatic heterocycles. The number of rotatable bonds is 6. The molecule has 0 radical (unpaired) electrons. The maximum absolute atomic E-state index is 12.1. The van der Waals surface area contributed by atoms with Gasteiger partial charge in [0, 0.05) is 16.7 Å². The predicted molar refractivity (Wildman–Crippen MR) is 91.3 cm³/mol. The number of carbonyl (C=O) groups is 3. The van der Waals surface area contributed by atoms with Crippen molar-refractivity contribution in [2.45, 2.75) is 13.0 Å². The Balaban J connectivity index is 0.000000299. The van der Waals surface area contributed by atoms with Gasteiger partial charge in [-0.2, -0.15) is 0 Å². The van der Waals surface area contributed by atoms with Gasteiger partial charge in [-0.1, -0.05) is 61.2 Å². The zero-order chi connectivity index (χ0) is 18.8. The summed E-state index contributed by atoms with van der Waals surface area (Å²) in [4.78, 5) is 31.8. The number of carbonyl (C=O) groups excluding carboxylic acids is 1. The molecule has 6 nitrogen and oxygen atoms in total. The molecule has 0 spiro atoms. The van der Waals surface area contributed by atoms with E-state index in [9.17, 15) is 14.4 Å². The first-order valence-corrected chi connectivity index (χ1v) is 7.28. The maximum atomic E-state index is 12.1. The predicted octanol–water partition coefficient (Wildman–Crippen LogP) is 2.51. The van der Waals surface area contributed by atoms with Gasteiger partial charge < -0.3 is 15.3 Å². The van der Waals surface area contributed by atoms with E-state index >= 15 is 0 Å². The largest absolute Gasteiger partial charge is 0.481 e. The van der Waals surface area contributed by atoms with E-state index in [4.69, 9.17) is 15.3 Å². The molecule has 130 valence electrons. The average molecular weight is 342 g/mol. The van der Waals surface area contributed by atoms with Crippen LogP contribution in [0.4, 0.5) is 0 Å². The lowest BCUT2D eigenvalue weighted by atomic mass is 9.99. The summed E-state index contributed by atoms with van der Waals surface area (Å²) in [6, 6.07) is 16.2. The van der Waals surface area contributed by atoms with Gasteiger partial charge >= 0.3 is 11.9 Å². The topological polar surface area (TPSA) is 112 Å². The van der Waals surface area contributed by atoms with Crippen LogP contribution in [0.2, 0.25) is 0 Å². The fourth-order valence-electron chi connectivity index (χ4n) is 1.88. The number of aliphatic hydroxyl groups excluding tert-OH is 1. The van der Waals surface area contributed by atoms with Crippen LogP contribution in [-0.2, 0) is 16.2 Å². The highest BCUT2D eigenvalue weighted by atomic mass is 16.4. The van der Waals surface area contributed by atoms with E-state index in [1.165, 1.54) is 0 Å². The van der Waals surface area contributed by atoms with Crippen LogP contribution in [0.3, 0.4) is 0 Å². The average Bonchev–Trinajstić information content (AvgIpc) is 2.61. The summed E-state index contributed by atoms with van der Waals surface area (Å²) >= 11 is 0. The van der Waals surface area contributed by atoms with Crippen molar-refractivity contribution in [1.82, 2.24) is 0 Å². The number of hydrogen-bond donors (Lipinski definition) is 3. The second kappa shape index (κ2) is 9.79. The molecular formula is C19H18O6. The SMILES string of the molecule is C=C(CC(=O)O)C(=O)O.O=C(c1ccccc1)c1ccccc1CO. The van der Waals surface area contributed by atoms with E-state index in [1.807, 2.05) is 24.3 Å². The Morgan fingerprint density at radius 3 is 1.92 bits per heavy atom. The highest BCUT2D eigenvalue weighted by Crippen LogP contribution is 2.14. The van der Waals surface area contributed by atoms with Crippen LogP contribution < -0.4 is 0 Å². The summed E-state index contributed by atoms with van der Waals surface area (Å²) in [5, 5.41) is 25.2. The fraction of sp³-hybridized carbons (Fsp3) is 0.105. The smallest absolute Gasteiger partial charge is 0.331 e. The zero-order valence-corrected chi connectivity index (χ0v) is 13.4. The lowest BCUT2D eigenvalue weighted by Crippen LogP contribution is -2.05. The van der Waals surface area contributed by atoms with Gasteiger partial charge in [0.15, 0.2) is 5.78 Å². The Kier molecular flexibility index (Phi) is 7.75. The number of aliphatic hydroxyl groups is 1. The molecule has 0 amide bonds. The molecule has 0 saturated carbocycles. The molecule has 0 bridgehead atoms. The van der Waals surface area contributed by atoms with Crippen molar-refractivity contribution in [1.29, 1.82) is 0 Å². The molecule has 2 rings (SSSR count). The molecular weight excluding hydrogens is 324 g/mol. The van der Waals surface area contributed by atoms with Crippen LogP contribution in [0, 0.1) is 0 Å². The van der Waals surface area contributed by atoms with Crippen molar-refractivity contribution in [2.75, 3.05) is 0 Å². The van der Waals surface area contributed by atoms with E-state index in [-0.39, 0.29) is 18.0 Å². The Labute approximate surface area is 144 Å². The Morgan fingerprint density at radius 1 is 0.880 bits per heavy atom. The van der Waals surface area contributed by atoms with Crippen molar-refractivity contribution in [3.63, 3.8) is 0 Å². The molecule has 25 heavy (non-hydrogen) atoms. The van der Waals surface area contributed by atoms with E-state index in [2.05, 4.69) is 6.58 Å². The number of aliphatic carboxylic acids is 2. The van der Waals surface area contributed by atoms with Crippen LogP contribution in [-0.4, -0.2) is 33.0 Å². The van der Waals surface area contributed by atoms with Crippen molar-refractivity contribution < 1.29 is 29.7 Å². The Morgan fingerprint density at radius 2 is 1.44 bits per heavy atom.